The second-order valence-corrected chi connectivity index (χ2v) is 7.89. The minimum Gasteiger partial charge on any atom is -0.377 e. The maximum Gasteiger partial charge on any atom is 0.246 e. The van der Waals surface area contributed by atoms with Crippen LogP contribution in [0.4, 0.5) is 4.39 Å². The number of nitrogens with zero attached hydrogens (tertiary/aromatic N) is 1. The maximum atomic E-state index is 13.9. The van der Waals surface area contributed by atoms with Crippen molar-refractivity contribution in [3.8, 4) is 0 Å². The van der Waals surface area contributed by atoms with Crippen LogP contribution >= 0.6 is 15.9 Å². The van der Waals surface area contributed by atoms with Crippen molar-refractivity contribution in [2.24, 2.45) is 0 Å². The first-order valence-electron chi connectivity index (χ1n) is 7.02. The monoisotopic (exact) mass is 379 g/mol. The minimum atomic E-state index is -3.81. The van der Waals surface area contributed by atoms with Crippen molar-refractivity contribution in [3.63, 3.8) is 0 Å². The molecule has 0 aliphatic carbocycles. The van der Waals surface area contributed by atoms with E-state index in [-0.39, 0.29) is 17.5 Å². The standard InChI is InChI=1S/C14H19BrFNO3S/c1-2-8-20-12-4-3-7-17(10-12)21(18,19)14-6-5-11(15)9-13(14)16/h5-6,9,12H,2-4,7-8,10H2,1H3. The summed E-state index contributed by atoms with van der Waals surface area (Å²) in [5.41, 5.74) is 0. The molecule has 1 aliphatic heterocycles. The average Bonchev–Trinajstić information content (AvgIpc) is 2.45. The van der Waals surface area contributed by atoms with Crippen molar-refractivity contribution in [3.05, 3.63) is 28.5 Å². The second-order valence-electron chi connectivity index (χ2n) is 5.07. The Balaban J connectivity index is 2.18. The Morgan fingerprint density at radius 2 is 2.24 bits per heavy atom. The van der Waals surface area contributed by atoms with Gasteiger partial charge in [-0.2, -0.15) is 4.31 Å². The van der Waals surface area contributed by atoms with Gasteiger partial charge in [0.1, 0.15) is 10.7 Å². The van der Waals surface area contributed by atoms with Gasteiger partial charge in [0.25, 0.3) is 0 Å². The quantitative estimate of drug-likeness (QED) is 0.789. The van der Waals surface area contributed by atoms with Gasteiger partial charge in [0, 0.05) is 24.2 Å². The Kier molecular flexibility index (Phi) is 5.76. The Bertz CT molecular complexity index is 594. The van der Waals surface area contributed by atoms with Crippen molar-refractivity contribution in [1.82, 2.24) is 4.31 Å². The van der Waals surface area contributed by atoms with E-state index in [2.05, 4.69) is 15.9 Å². The molecule has 1 aliphatic rings. The lowest BCUT2D eigenvalue weighted by molar-refractivity contribution is 0.0193. The third-order valence-corrected chi connectivity index (χ3v) is 5.80. The topological polar surface area (TPSA) is 46.6 Å². The molecule has 0 spiro atoms. The van der Waals surface area contributed by atoms with Gasteiger partial charge in [-0.25, -0.2) is 12.8 Å². The number of halogens is 2. The first kappa shape index (κ1) is 16.9. The molecule has 21 heavy (non-hydrogen) atoms. The highest BCUT2D eigenvalue weighted by Crippen LogP contribution is 2.25. The highest BCUT2D eigenvalue weighted by molar-refractivity contribution is 9.10. The number of benzene rings is 1. The summed E-state index contributed by atoms with van der Waals surface area (Å²) in [4.78, 5) is -0.276. The van der Waals surface area contributed by atoms with Crippen molar-refractivity contribution in [1.29, 1.82) is 0 Å². The van der Waals surface area contributed by atoms with E-state index in [0.717, 1.165) is 19.3 Å². The van der Waals surface area contributed by atoms with Crippen LogP contribution in [0.3, 0.4) is 0 Å². The molecule has 0 aromatic heterocycles. The molecule has 0 bridgehead atoms. The summed E-state index contributed by atoms with van der Waals surface area (Å²) in [6, 6.07) is 4.00. The van der Waals surface area contributed by atoms with Crippen LogP contribution in [0, 0.1) is 5.82 Å². The SMILES string of the molecule is CCCOC1CCCN(S(=O)(=O)c2ccc(Br)cc2F)C1. The fraction of sp³-hybridized carbons (Fsp3) is 0.571. The van der Waals surface area contributed by atoms with Gasteiger partial charge in [0.05, 0.1) is 6.10 Å². The molecule has 2 rings (SSSR count). The van der Waals surface area contributed by atoms with Gasteiger partial charge in [0.15, 0.2) is 0 Å². The molecule has 1 saturated heterocycles. The molecule has 1 atom stereocenters. The van der Waals surface area contributed by atoms with Crippen LogP contribution in [0.25, 0.3) is 0 Å². The summed E-state index contributed by atoms with van der Waals surface area (Å²) in [6.45, 7) is 3.32. The van der Waals surface area contributed by atoms with E-state index in [4.69, 9.17) is 4.74 Å². The van der Waals surface area contributed by atoms with Crippen LogP contribution in [-0.4, -0.2) is 38.5 Å². The van der Waals surface area contributed by atoms with Crippen LogP contribution in [-0.2, 0) is 14.8 Å². The Morgan fingerprint density at radius 1 is 1.48 bits per heavy atom. The van der Waals surface area contributed by atoms with Gasteiger partial charge >= 0.3 is 0 Å². The minimum absolute atomic E-state index is 0.105. The number of rotatable bonds is 5. The molecule has 0 N–H and O–H groups in total. The fourth-order valence-corrected chi connectivity index (χ4v) is 4.26. The molecule has 0 saturated carbocycles. The van der Waals surface area contributed by atoms with E-state index in [1.54, 1.807) is 0 Å². The molecule has 1 heterocycles. The number of sulfonamides is 1. The van der Waals surface area contributed by atoms with Crippen LogP contribution in [0.1, 0.15) is 26.2 Å². The largest absolute Gasteiger partial charge is 0.377 e. The Morgan fingerprint density at radius 3 is 2.90 bits per heavy atom. The lowest BCUT2D eigenvalue weighted by Gasteiger charge is -2.31. The number of hydrogen-bond donors (Lipinski definition) is 0. The zero-order valence-electron chi connectivity index (χ0n) is 11.9. The van der Waals surface area contributed by atoms with Crippen LogP contribution in [0.5, 0.6) is 0 Å². The van der Waals surface area contributed by atoms with E-state index in [1.165, 1.54) is 22.5 Å². The van der Waals surface area contributed by atoms with Gasteiger partial charge < -0.3 is 4.74 Å². The van der Waals surface area contributed by atoms with E-state index in [1.807, 2.05) is 6.92 Å². The summed E-state index contributed by atoms with van der Waals surface area (Å²) in [5.74, 6) is -0.735. The van der Waals surface area contributed by atoms with Gasteiger partial charge in [-0.3, -0.25) is 0 Å². The van der Waals surface area contributed by atoms with E-state index in [9.17, 15) is 12.8 Å². The number of ether oxygens (including phenoxy) is 1. The van der Waals surface area contributed by atoms with Crippen molar-refractivity contribution in [2.45, 2.75) is 37.2 Å². The third kappa shape index (κ3) is 4.03. The number of piperidine rings is 1. The maximum absolute atomic E-state index is 13.9. The number of hydrogen-bond acceptors (Lipinski definition) is 3. The Labute approximate surface area is 133 Å². The summed E-state index contributed by atoms with van der Waals surface area (Å²) < 4.78 is 46.5. The van der Waals surface area contributed by atoms with Crippen LogP contribution in [0.15, 0.2) is 27.6 Å². The van der Waals surface area contributed by atoms with Gasteiger partial charge in [-0.05, 0) is 37.5 Å². The molecule has 1 aromatic carbocycles. The van der Waals surface area contributed by atoms with E-state index >= 15 is 0 Å². The molecule has 1 aromatic rings. The molecule has 0 amide bonds. The summed E-state index contributed by atoms with van der Waals surface area (Å²) in [7, 11) is -3.81. The predicted molar refractivity (Wildman–Crippen MR) is 82.1 cm³/mol. The van der Waals surface area contributed by atoms with Gasteiger partial charge in [-0.15, -0.1) is 0 Å². The van der Waals surface area contributed by atoms with Crippen molar-refractivity contribution < 1.29 is 17.5 Å². The summed E-state index contributed by atoms with van der Waals surface area (Å²) in [5, 5.41) is 0. The second kappa shape index (κ2) is 7.17. The molecule has 118 valence electrons. The first-order valence-corrected chi connectivity index (χ1v) is 9.25. The predicted octanol–water partition coefficient (Wildman–Crippen LogP) is 3.17. The highest BCUT2D eigenvalue weighted by Gasteiger charge is 2.32. The van der Waals surface area contributed by atoms with Gasteiger partial charge in [0.2, 0.25) is 10.0 Å². The van der Waals surface area contributed by atoms with Gasteiger partial charge in [-0.1, -0.05) is 22.9 Å². The fourth-order valence-electron chi connectivity index (χ4n) is 2.37. The molecular weight excluding hydrogens is 361 g/mol. The van der Waals surface area contributed by atoms with Crippen molar-refractivity contribution in [2.75, 3.05) is 19.7 Å². The zero-order chi connectivity index (χ0) is 15.5. The normalized spacial score (nSPS) is 20.6. The summed E-state index contributed by atoms with van der Waals surface area (Å²) in [6.07, 6.45) is 2.36. The lowest BCUT2D eigenvalue weighted by atomic mass is 10.1. The molecule has 1 fully saturated rings. The Hall–Kier alpha value is -0.500. The summed E-state index contributed by atoms with van der Waals surface area (Å²) >= 11 is 3.13. The first-order chi connectivity index (χ1) is 9.95. The lowest BCUT2D eigenvalue weighted by Crippen LogP contribution is -2.43. The smallest absolute Gasteiger partial charge is 0.246 e. The highest BCUT2D eigenvalue weighted by atomic mass is 79.9. The molecule has 7 heteroatoms. The molecule has 1 unspecified atom stereocenters. The average molecular weight is 380 g/mol. The van der Waals surface area contributed by atoms with Crippen LogP contribution < -0.4 is 0 Å². The third-order valence-electron chi connectivity index (χ3n) is 3.41. The molecule has 4 nitrogen and oxygen atoms in total. The van der Waals surface area contributed by atoms with Crippen molar-refractivity contribution >= 4 is 26.0 Å². The molecular formula is C14H19BrFNO3S. The van der Waals surface area contributed by atoms with E-state index in [0.29, 0.717) is 17.6 Å². The van der Waals surface area contributed by atoms with Crippen LogP contribution in [0.2, 0.25) is 0 Å². The zero-order valence-corrected chi connectivity index (χ0v) is 14.3. The molecule has 0 radical (unpaired) electrons. The van der Waals surface area contributed by atoms with E-state index < -0.39 is 15.8 Å².